The van der Waals surface area contributed by atoms with Crippen molar-refractivity contribution >= 4 is 40.9 Å². The average molecular weight is 414 g/mol. The van der Waals surface area contributed by atoms with Crippen molar-refractivity contribution < 1.29 is 19.1 Å². The van der Waals surface area contributed by atoms with Crippen molar-refractivity contribution in [1.82, 2.24) is 9.97 Å². The van der Waals surface area contributed by atoms with Crippen molar-refractivity contribution in [3.8, 4) is 0 Å². The van der Waals surface area contributed by atoms with Gasteiger partial charge in [0, 0.05) is 24.4 Å². The van der Waals surface area contributed by atoms with E-state index < -0.39 is 18.5 Å². The standard InChI is InChI=1S/C20H22N4O4S/c1-13-10-14(2)22-20(21-13)29-12-19(27)28-11-17(25)23-15-6-3-4-7-16(15)24-9-5-8-18(24)26/h3-4,6-7,10H,5,8-9,11-12H2,1-2H3,(H,23,25). The van der Waals surface area contributed by atoms with Crippen LogP contribution in [-0.4, -0.2) is 46.7 Å². The van der Waals surface area contributed by atoms with Gasteiger partial charge in [-0.1, -0.05) is 23.9 Å². The van der Waals surface area contributed by atoms with Crippen LogP contribution in [0.2, 0.25) is 0 Å². The van der Waals surface area contributed by atoms with Crippen LogP contribution in [0.4, 0.5) is 11.4 Å². The molecule has 1 aromatic heterocycles. The number of nitrogens with one attached hydrogen (secondary N) is 1. The number of esters is 1. The maximum Gasteiger partial charge on any atom is 0.316 e. The third kappa shape index (κ3) is 5.77. The van der Waals surface area contributed by atoms with Crippen LogP contribution in [-0.2, 0) is 19.1 Å². The molecule has 152 valence electrons. The Labute approximate surface area is 173 Å². The Kier molecular flexibility index (Phi) is 6.82. The Morgan fingerprint density at radius 2 is 1.93 bits per heavy atom. The van der Waals surface area contributed by atoms with Crippen molar-refractivity contribution in [3.63, 3.8) is 0 Å². The molecule has 0 atom stereocenters. The predicted octanol–water partition coefficient (Wildman–Crippen LogP) is 2.49. The van der Waals surface area contributed by atoms with E-state index in [2.05, 4.69) is 15.3 Å². The zero-order valence-electron chi connectivity index (χ0n) is 16.3. The topological polar surface area (TPSA) is 101 Å². The Morgan fingerprint density at radius 3 is 2.62 bits per heavy atom. The molecule has 0 radical (unpaired) electrons. The van der Waals surface area contributed by atoms with E-state index in [1.165, 1.54) is 0 Å². The molecular weight excluding hydrogens is 392 g/mol. The molecule has 1 aliphatic rings. The first-order valence-electron chi connectivity index (χ1n) is 9.22. The van der Waals surface area contributed by atoms with Crippen molar-refractivity contribution in [1.29, 1.82) is 0 Å². The summed E-state index contributed by atoms with van der Waals surface area (Å²) in [6.45, 7) is 3.93. The summed E-state index contributed by atoms with van der Waals surface area (Å²) in [5.41, 5.74) is 2.81. The zero-order valence-corrected chi connectivity index (χ0v) is 17.1. The van der Waals surface area contributed by atoms with Crippen LogP contribution in [0, 0.1) is 13.8 Å². The van der Waals surface area contributed by atoms with E-state index in [9.17, 15) is 14.4 Å². The van der Waals surface area contributed by atoms with Crippen LogP contribution in [0.5, 0.6) is 0 Å². The molecule has 1 N–H and O–H groups in total. The van der Waals surface area contributed by atoms with Gasteiger partial charge >= 0.3 is 5.97 Å². The minimum absolute atomic E-state index is 0.00897. The smallest absolute Gasteiger partial charge is 0.316 e. The van der Waals surface area contributed by atoms with E-state index >= 15 is 0 Å². The molecule has 1 saturated heterocycles. The number of hydrogen-bond acceptors (Lipinski definition) is 7. The van der Waals surface area contributed by atoms with E-state index in [-0.39, 0.29) is 11.7 Å². The summed E-state index contributed by atoms with van der Waals surface area (Å²) in [7, 11) is 0. The van der Waals surface area contributed by atoms with E-state index in [1.807, 2.05) is 26.0 Å². The molecule has 0 unspecified atom stereocenters. The van der Waals surface area contributed by atoms with Crippen molar-refractivity contribution in [2.75, 3.05) is 29.1 Å². The van der Waals surface area contributed by atoms with Crippen LogP contribution >= 0.6 is 11.8 Å². The minimum Gasteiger partial charge on any atom is -0.455 e. The molecule has 2 aromatic rings. The number of ether oxygens (including phenoxy) is 1. The van der Waals surface area contributed by atoms with Gasteiger partial charge in [0.15, 0.2) is 11.8 Å². The molecular formula is C20H22N4O4S. The second-order valence-corrected chi connectivity index (χ2v) is 7.54. The molecule has 2 heterocycles. The predicted molar refractivity (Wildman–Crippen MR) is 110 cm³/mol. The summed E-state index contributed by atoms with van der Waals surface area (Å²) >= 11 is 1.16. The summed E-state index contributed by atoms with van der Waals surface area (Å²) < 4.78 is 5.04. The van der Waals surface area contributed by atoms with Crippen molar-refractivity contribution in [2.24, 2.45) is 0 Å². The second-order valence-electron chi connectivity index (χ2n) is 6.60. The Bertz CT molecular complexity index is 914. The molecule has 3 rings (SSSR count). The van der Waals surface area contributed by atoms with Crippen molar-refractivity contribution in [3.05, 3.63) is 41.7 Å². The number of aryl methyl sites for hydroxylation is 2. The lowest BCUT2D eigenvalue weighted by molar-refractivity contribution is -0.144. The summed E-state index contributed by atoms with van der Waals surface area (Å²) in [4.78, 5) is 46.3. The van der Waals surface area contributed by atoms with Gasteiger partial charge in [0.1, 0.15) is 0 Å². The molecule has 29 heavy (non-hydrogen) atoms. The van der Waals surface area contributed by atoms with E-state index in [4.69, 9.17) is 4.74 Å². The molecule has 1 aliphatic heterocycles. The number of para-hydroxylation sites is 2. The molecule has 1 fully saturated rings. The molecule has 2 amide bonds. The number of carbonyl (C=O) groups excluding carboxylic acids is 3. The maximum atomic E-state index is 12.2. The van der Waals surface area contributed by atoms with E-state index in [0.29, 0.717) is 29.5 Å². The number of thioether (sulfide) groups is 1. The maximum absolute atomic E-state index is 12.2. The van der Waals surface area contributed by atoms with Crippen LogP contribution in [0.3, 0.4) is 0 Å². The van der Waals surface area contributed by atoms with Crippen molar-refractivity contribution in [2.45, 2.75) is 31.8 Å². The fourth-order valence-corrected chi connectivity index (χ4v) is 3.72. The molecule has 0 bridgehead atoms. The third-order valence-electron chi connectivity index (χ3n) is 4.19. The molecule has 0 aliphatic carbocycles. The first-order valence-corrected chi connectivity index (χ1v) is 10.2. The monoisotopic (exact) mass is 414 g/mol. The summed E-state index contributed by atoms with van der Waals surface area (Å²) in [6, 6.07) is 8.93. The lowest BCUT2D eigenvalue weighted by Gasteiger charge is -2.19. The highest BCUT2D eigenvalue weighted by atomic mass is 32.2. The van der Waals surface area contributed by atoms with Gasteiger partial charge in [-0.25, -0.2) is 9.97 Å². The highest BCUT2D eigenvalue weighted by Crippen LogP contribution is 2.29. The normalized spacial score (nSPS) is 13.4. The fourth-order valence-electron chi connectivity index (χ4n) is 2.97. The second kappa shape index (κ2) is 9.51. The zero-order chi connectivity index (χ0) is 20.8. The Hall–Kier alpha value is -2.94. The van der Waals surface area contributed by atoms with Crippen LogP contribution in [0.15, 0.2) is 35.5 Å². The van der Waals surface area contributed by atoms with Crippen LogP contribution < -0.4 is 10.2 Å². The molecule has 9 heteroatoms. The number of amides is 2. The average Bonchev–Trinajstić information content (AvgIpc) is 3.10. The number of rotatable bonds is 7. The van der Waals surface area contributed by atoms with Crippen LogP contribution in [0.1, 0.15) is 24.2 Å². The first kappa shape index (κ1) is 20.8. The summed E-state index contributed by atoms with van der Waals surface area (Å²) in [5, 5.41) is 3.20. The number of anilines is 2. The summed E-state index contributed by atoms with van der Waals surface area (Å²) in [6.07, 6.45) is 1.29. The van der Waals surface area contributed by atoms with Gasteiger partial charge in [-0.2, -0.15) is 0 Å². The highest BCUT2D eigenvalue weighted by Gasteiger charge is 2.24. The first-order chi connectivity index (χ1) is 13.9. The molecule has 0 saturated carbocycles. The van der Waals surface area contributed by atoms with Gasteiger partial charge in [0.05, 0.1) is 17.1 Å². The lowest BCUT2D eigenvalue weighted by atomic mass is 10.2. The third-order valence-corrected chi connectivity index (χ3v) is 5.01. The van der Waals surface area contributed by atoms with Gasteiger partial charge in [-0.05, 0) is 38.5 Å². The van der Waals surface area contributed by atoms with E-state index in [0.717, 1.165) is 29.6 Å². The van der Waals surface area contributed by atoms with Gasteiger partial charge < -0.3 is 15.0 Å². The fraction of sp³-hybridized carbons (Fsp3) is 0.350. The number of nitrogens with zero attached hydrogens (tertiary/aromatic N) is 3. The lowest BCUT2D eigenvalue weighted by Crippen LogP contribution is -2.27. The van der Waals surface area contributed by atoms with Gasteiger partial charge in [0.25, 0.3) is 5.91 Å². The number of hydrogen-bond donors (Lipinski definition) is 1. The molecule has 0 spiro atoms. The van der Waals surface area contributed by atoms with Gasteiger partial charge in [-0.3, -0.25) is 14.4 Å². The number of benzene rings is 1. The largest absolute Gasteiger partial charge is 0.455 e. The van der Waals surface area contributed by atoms with Crippen LogP contribution in [0.25, 0.3) is 0 Å². The highest BCUT2D eigenvalue weighted by molar-refractivity contribution is 7.99. The number of aromatic nitrogens is 2. The van der Waals surface area contributed by atoms with E-state index in [1.54, 1.807) is 23.1 Å². The minimum atomic E-state index is -0.532. The number of carbonyl (C=O) groups is 3. The Balaban J connectivity index is 1.50. The van der Waals surface area contributed by atoms with Gasteiger partial charge in [0.2, 0.25) is 5.91 Å². The SMILES string of the molecule is Cc1cc(C)nc(SCC(=O)OCC(=O)Nc2ccccc2N2CCCC2=O)n1. The molecule has 8 nitrogen and oxygen atoms in total. The molecule has 1 aromatic carbocycles. The summed E-state index contributed by atoms with van der Waals surface area (Å²) in [5.74, 6) is -0.959. The van der Waals surface area contributed by atoms with Gasteiger partial charge in [-0.15, -0.1) is 0 Å². The quantitative estimate of drug-likeness (QED) is 0.422. The Morgan fingerprint density at radius 1 is 1.21 bits per heavy atom.